The topological polar surface area (TPSA) is 37.4 Å². The van der Waals surface area contributed by atoms with Crippen molar-refractivity contribution in [3.8, 4) is 0 Å². The van der Waals surface area contributed by atoms with E-state index in [9.17, 15) is 9.59 Å². The Labute approximate surface area is 157 Å². The molecule has 0 unspecified atom stereocenters. The summed E-state index contributed by atoms with van der Waals surface area (Å²) in [7, 11) is 0. The normalized spacial score (nSPS) is 11.3. The summed E-state index contributed by atoms with van der Waals surface area (Å²) in [5.74, 6) is -0.441. The lowest BCUT2D eigenvalue weighted by Gasteiger charge is -2.23. The van der Waals surface area contributed by atoms with Gasteiger partial charge in [-0.2, -0.15) is 0 Å². The number of halogens is 2. The lowest BCUT2D eigenvalue weighted by molar-refractivity contribution is 0.0975. The van der Waals surface area contributed by atoms with Crippen LogP contribution in [0.5, 0.6) is 0 Å². The van der Waals surface area contributed by atoms with E-state index in [1.165, 1.54) is 6.08 Å². The minimum absolute atomic E-state index is 0.206. The van der Waals surface area contributed by atoms with Crippen molar-refractivity contribution in [2.75, 3.05) is 13.1 Å². The molecule has 2 aromatic rings. The summed E-state index contributed by atoms with van der Waals surface area (Å²) in [6, 6.07) is 13.2. The molecule has 0 atom stereocenters. The first-order valence-corrected chi connectivity index (χ1v) is 8.78. The molecule has 0 saturated carbocycles. The van der Waals surface area contributed by atoms with Crippen molar-refractivity contribution >= 4 is 34.8 Å². The van der Waals surface area contributed by atoms with Gasteiger partial charge in [-0.15, -0.1) is 0 Å². The molecule has 0 amide bonds. The standard InChI is InChI=1S/C20H19Cl2NO2/c1-3-23(4-2)18(20(25)15-7-11-17(22)12-8-15)13-19(24)14-5-9-16(21)10-6-14/h5-13H,3-4H2,1-2H3/b18-13+. The van der Waals surface area contributed by atoms with E-state index in [0.29, 0.717) is 40.0 Å². The van der Waals surface area contributed by atoms with Crippen molar-refractivity contribution in [1.82, 2.24) is 4.90 Å². The highest BCUT2D eigenvalue weighted by Gasteiger charge is 2.19. The minimum atomic E-state index is -0.235. The summed E-state index contributed by atoms with van der Waals surface area (Å²) in [5.41, 5.74) is 1.34. The molecule has 0 aliphatic rings. The molecule has 0 saturated heterocycles. The Bertz CT molecular complexity index is 776. The maximum absolute atomic E-state index is 12.9. The SMILES string of the molecule is CCN(CC)/C(=C/C(=O)c1ccc(Cl)cc1)C(=O)c1ccc(Cl)cc1. The van der Waals surface area contributed by atoms with Crippen LogP contribution in [0.4, 0.5) is 0 Å². The number of nitrogens with zero attached hydrogens (tertiary/aromatic N) is 1. The maximum atomic E-state index is 12.9. The number of likely N-dealkylation sites (N-methyl/N-ethyl adjacent to an activating group) is 1. The van der Waals surface area contributed by atoms with Crippen LogP contribution in [0.2, 0.25) is 10.0 Å². The number of hydrogen-bond donors (Lipinski definition) is 0. The number of allylic oxidation sites excluding steroid dienone is 2. The molecule has 0 radical (unpaired) electrons. The fourth-order valence-electron chi connectivity index (χ4n) is 2.44. The van der Waals surface area contributed by atoms with E-state index in [1.807, 2.05) is 18.7 Å². The number of carbonyl (C=O) groups excluding carboxylic acids is 2. The molecule has 0 aliphatic carbocycles. The van der Waals surface area contributed by atoms with Gasteiger partial charge in [-0.1, -0.05) is 23.2 Å². The van der Waals surface area contributed by atoms with Crippen molar-refractivity contribution in [3.05, 3.63) is 81.5 Å². The Morgan fingerprint density at radius 1 is 0.840 bits per heavy atom. The van der Waals surface area contributed by atoms with Crippen molar-refractivity contribution in [2.45, 2.75) is 13.8 Å². The fourth-order valence-corrected chi connectivity index (χ4v) is 2.69. The highest BCUT2D eigenvalue weighted by atomic mass is 35.5. The van der Waals surface area contributed by atoms with Gasteiger partial charge in [0, 0.05) is 40.3 Å². The van der Waals surface area contributed by atoms with E-state index >= 15 is 0 Å². The Hall–Kier alpha value is -2.10. The van der Waals surface area contributed by atoms with Gasteiger partial charge in [-0.3, -0.25) is 9.59 Å². The first-order valence-electron chi connectivity index (χ1n) is 8.03. The molecule has 25 heavy (non-hydrogen) atoms. The summed E-state index contributed by atoms with van der Waals surface area (Å²) >= 11 is 11.7. The third kappa shape index (κ3) is 4.94. The Kier molecular flexibility index (Phi) is 6.80. The fraction of sp³-hybridized carbons (Fsp3) is 0.200. The van der Waals surface area contributed by atoms with Crippen LogP contribution in [0.3, 0.4) is 0 Å². The van der Waals surface area contributed by atoms with Crippen LogP contribution in [-0.4, -0.2) is 29.6 Å². The van der Waals surface area contributed by atoms with Crippen LogP contribution in [0.25, 0.3) is 0 Å². The molecule has 3 nitrogen and oxygen atoms in total. The van der Waals surface area contributed by atoms with E-state index in [0.717, 1.165) is 0 Å². The number of hydrogen-bond acceptors (Lipinski definition) is 3. The Morgan fingerprint density at radius 2 is 1.28 bits per heavy atom. The molecule has 0 N–H and O–H groups in total. The van der Waals surface area contributed by atoms with Gasteiger partial charge < -0.3 is 4.90 Å². The van der Waals surface area contributed by atoms with Crippen molar-refractivity contribution in [3.63, 3.8) is 0 Å². The molecule has 0 heterocycles. The van der Waals surface area contributed by atoms with E-state index in [-0.39, 0.29) is 11.6 Å². The highest BCUT2D eigenvalue weighted by Crippen LogP contribution is 2.18. The zero-order valence-corrected chi connectivity index (χ0v) is 15.6. The van der Waals surface area contributed by atoms with E-state index in [1.54, 1.807) is 48.5 Å². The number of Topliss-reactive ketones (excluding diaryl/α,β-unsaturated/α-hetero) is 1. The van der Waals surface area contributed by atoms with Gasteiger partial charge in [0.1, 0.15) is 0 Å². The molecular formula is C20H19Cl2NO2. The van der Waals surface area contributed by atoms with Crippen LogP contribution in [0.1, 0.15) is 34.6 Å². The van der Waals surface area contributed by atoms with Crippen LogP contribution in [-0.2, 0) is 0 Å². The van der Waals surface area contributed by atoms with Gasteiger partial charge in [-0.25, -0.2) is 0 Å². The van der Waals surface area contributed by atoms with Gasteiger partial charge in [0.2, 0.25) is 5.78 Å². The zero-order valence-electron chi connectivity index (χ0n) is 14.1. The molecule has 5 heteroatoms. The van der Waals surface area contributed by atoms with Crippen LogP contribution >= 0.6 is 23.2 Å². The predicted molar refractivity (Wildman–Crippen MR) is 103 cm³/mol. The van der Waals surface area contributed by atoms with Gasteiger partial charge in [-0.05, 0) is 62.4 Å². The lowest BCUT2D eigenvalue weighted by Crippen LogP contribution is -2.28. The largest absolute Gasteiger partial charge is 0.369 e. The van der Waals surface area contributed by atoms with Crippen molar-refractivity contribution in [1.29, 1.82) is 0 Å². The quantitative estimate of drug-likeness (QED) is 0.487. The van der Waals surface area contributed by atoms with Crippen LogP contribution < -0.4 is 0 Å². The second-order valence-electron chi connectivity index (χ2n) is 5.41. The summed E-state index contributed by atoms with van der Waals surface area (Å²) < 4.78 is 0. The van der Waals surface area contributed by atoms with Gasteiger partial charge in [0.25, 0.3) is 0 Å². The number of benzene rings is 2. The number of carbonyl (C=O) groups is 2. The first kappa shape index (κ1) is 19.2. The minimum Gasteiger partial charge on any atom is -0.369 e. The first-order chi connectivity index (χ1) is 12.0. The third-order valence-electron chi connectivity index (χ3n) is 3.84. The summed E-state index contributed by atoms with van der Waals surface area (Å²) in [4.78, 5) is 27.3. The number of rotatable bonds is 7. The molecule has 0 bridgehead atoms. The van der Waals surface area contributed by atoms with Crippen LogP contribution in [0.15, 0.2) is 60.3 Å². The highest BCUT2D eigenvalue weighted by molar-refractivity contribution is 6.31. The van der Waals surface area contributed by atoms with E-state index < -0.39 is 0 Å². The molecular weight excluding hydrogens is 357 g/mol. The molecule has 2 rings (SSSR count). The van der Waals surface area contributed by atoms with Crippen LogP contribution in [0, 0.1) is 0 Å². The van der Waals surface area contributed by atoms with Crippen molar-refractivity contribution < 1.29 is 9.59 Å². The molecule has 2 aromatic carbocycles. The predicted octanol–water partition coefficient (Wildman–Crippen LogP) is 5.28. The summed E-state index contributed by atoms with van der Waals surface area (Å²) in [6.07, 6.45) is 1.40. The van der Waals surface area contributed by atoms with E-state index in [4.69, 9.17) is 23.2 Å². The molecule has 0 aromatic heterocycles. The average molecular weight is 376 g/mol. The second kappa shape index (κ2) is 8.84. The van der Waals surface area contributed by atoms with Gasteiger partial charge in [0.15, 0.2) is 5.78 Å². The molecule has 0 aliphatic heterocycles. The second-order valence-corrected chi connectivity index (χ2v) is 6.28. The summed E-state index contributed by atoms with van der Waals surface area (Å²) in [5, 5.41) is 1.11. The monoisotopic (exact) mass is 375 g/mol. The maximum Gasteiger partial charge on any atom is 0.209 e. The third-order valence-corrected chi connectivity index (χ3v) is 4.34. The van der Waals surface area contributed by atoms with Gasteiger partial charge >= 0.3 is 0 Å². The van der Waals surface area contributed by atoms with Gasteiger partial charge in [0.05, 0.1) is 5.70 Å². The van der Waals surface area contributed by atoms with Crippen molar-refractivity contribution in [2.24, 2.45) is 0 Å². The molecule has 130 valence electrons. The smallest absolute Gasteiger partial charge is 0.209 e. The summed E-state index contributed by atoms with van der Waals surface area (Å²) in [6.45, 7) is 5.13. The molecule has 0 fully saturated rings. The number of ketones is 2. The zero-order chi connectivity index (χ0) is 18.4. The average Bonchev–Trinajstić information content (AvgIpc) is 2.62. The Morgan fingerprint density at radius 3 is 1.72 bits per heavy atom. The Balaban J connectivity index is 2.41. The molecule has 0 spiro atoms. The van der Waals surface area contributed by atoms with E-state index in [2.05, 4.69) is 0 Å². The lowest BCUT2D eigenvalue weighted by atomic mass is 10.0.